The average Bonchev–Trinajstić information content (AvgIpc) is 2.67. The standard InChI is InChI=1S/C17H19F3N5.3CH3.Sn/c1-2-12-9-14(25-7-5-21-6-8-25)3-4-15(12)24-16-22-10-13(11-23-16)17(18,19)20;;;;/h3-4,9-10,21H,2,5-8H2,1H3,(H,22,23,24);3*1H3;. The van der Waals surface area contributed by atoms with E-state index in [0.29, 0.717) is 0 Å². The van der Waals surface area contributed by atoms with E-state index in [1.165, 1.54) is 0 Å². The zero-order chi connectivity index (χ0) is 21.2. The first-order chi connectivity index (χ1) is 13.6. The SMILES string of the molecule is CCc1cc(N2CCNCC2)ccc1Nc1ncc(C(F)(F)F)[c]([Sn]([CH3])([CH3])[CH3])n1. The normalized spacial score (nSPS) is 15.5. The van der Waals surface area contributed by atoms with Crippen LogP contribution in [0, 0.1) is 0 Å². The molecule has 1 aromatic carbocycles. The van der Waals surface area contributed by atoms with E-state index >= 15 is 0 Å². The maximum atomic E-state index is 13.4. The van der Waals surface area contributed by atoms with Crippen molar-refractivity contribution >= 4 is 39.4 Å². The summed E-state index contributed by atoms with van der Waals surface area (Å²) in [6.07, 6.45) is -2.71. The van der Waals surface area contributed by atoms with Crippen LogP contribution in [0.4, 0.5) is 30.5 Å². The number of hydrogen-bond acceptors (Lipinski definition) is 5. The number of hydrogen-bond donors (Lipinski definition) is 2. The average molecular weight is 514 g/mol. The Morgan fingerprint density at radius 3 is 2.45 bits per heavy atom. The quantitative estimate of drug-likeness (QED) is 0.596. The van der Waals surface area contributed by atoms with Gasteiger partial charge in [-0.2, -0.15) is 0 Å². The Bertz CT molecular complexity index is 858. The molecule has 1 aromatic heterocycles. The molecule has 5 nitrogen and oxygen atoms in total. The molecule has 1 aliphatic heterocycles. The van der Waals surface area contributed by atoms with Crippen LogP contribution in [0.3, 0.4) is 0 Å². The monoisotopic (exact) mass is 515 g/mol. The van der Waals surface area contributed by atoms with E-state index in [2.05, 4.69) is 38.5 Å². The molecule has 0 unspecified atom stereocenters. The minimum atomic E-state index is -4.43. The third kappa shape index (κ3) is 5.33. The Kier molecular flexibility index (Phi) is 6.62. The van der Waals surface area contributed by atoms with Gasteiger partial charge in [0.1, 0.15) is 0 Å². The van der Waals surface area contributed by atoms with Gasteiger partial charge in [0.05, 0.1) is 0 Å². The van der Waals surface area contributed by atoms with Crippen LogP contribution >= 0.6 is 0 Å². The Balaban J connectivity index is 1.91. The molecular weight excluding hydrogens is 486 g/mol. The van der Waals surface area contributed by atoms with Gasteiger partial charge in [-0.05, 0) is 0 Å². The molecule has 1 aliphatic rings. The van der Waals surface area contributed by atoms with Gasteiger partial charge in [-0.25, -0.2) is 0 Å². The summed E-state index contributed by atoms with van der Waals surface area (Å²) in [5.41, 5.74) is 2.39. The summed E-state index contributed by atoms with van der Waals surface area (Å²) in [5.74, 6) is 0.226. The van der Waals surface area contributed by atoms with Crippen molar-refractivity contribution < 1.29 is 13.2 Å². The first-order valence-electron chi connectivity index (χ1n) is 9.90. The Labute approximate surface area is 174 Å². The third-order valence-electron chi connectivity index (χ3n) is 5.00. The van der Waals surface area contributed by atoms with E-state index in [1.807, 2.05) is 27.0 Å². The zero-order valence-corrected chi connectivity index (χ0v) is 20.2. The van der Waals surface area contributed by atoms with E-state index in [4.69, 9.17) is 0 Å². The Hall–Kier alpha value is -1.55. The molecule has 1 saturated heterocycles. The van der Waals surface area contributed by atoms with E-state index in [0.717, 1.165) is 55.7 Å². The fraction of sp³-hybridized carbons (Fsp3) is 0.500. The molecule has 3 rings (SSSR count). The van der Waals surface area contributed by atoms with Gasteiger partial charge in [0, 0.05) is 0 Å². The van der Waals surface area contributed by atoms with Crippen LogP contribution in [0.1, 0.15) is 18.1 Å². The molecular formula is C20H28F3N5Sn. The van der Waals surface area contributed by atoms with Gasteiger partial charge < -0.3 is 0 Å². The van der Waals surface area contributed by atoms with Crippen LogP contribution in [0.15, 0.2) is 24.4 Å². The molecule has 2 N–H and O–H groups in total. The molecule has 9 heteroatoms. The summed E-state index contributed by atoms with van der Waals surface area (Å²) in [6, 6.07) is 6.15. The van der Waals surface area contributed by atoms with Gasteiger partial charge in [-0.3, -0.25) is 0 Å². The molecule has 0 amide bonds. The molecule has 0 bridgehead atoms. The number of alkyl halides is 3. The van der Waals surface area contributed by atoms with Gasteiger partial charge in [-0.1, -0.05) is 0 Å². The van der Waals surface area contributed by atoms with Gasteiger partial charge >= 0.3 is 174 Å². The van der Waals surface area contributed by atoms with Crippen molar-refractivity contribution in [2.24, 2.45) is 0 Å². The maximum absolute atomic E-state index is 13.4. The van der Waals surface area contributed by atoms with E-state index in [9.17, 15) is 13.2 Å². The van der Waals surface area contributed by atoms with Crippen LogP contribution in [0.2, 0.25) is 14.8 Å². The van der Waals surface area contributed by atoms with Crippen molar-refractivity contribution in [1.29, 1.82) is 0 Å². The van der Waals surface area contributed by atoms with Crippen LogP contribution in [0.5, 0.6) is 0 Å². The predicted molar refractivity (Wildman–Crippen MR) is 114 cm³/mol. The molecule has 29 heavy (non-hydrogen) atoms. The van der Waals surface area contributed by atoms with Crippen LogP contribution in [0.25, 0.3) is 0 Å². The summed E-state index contributed by atoms with van der Waals surface area (Å²) >= 11 is -3.11. The zero-order valence-electron chi connectivity index (χ0n) is 17.3. The number of halogens is 3. The topological polar surface area (TPSA) is 53.1 Å². The molecule has 0 radical (unpaired) electrons. The van der Waals surface area contributed by atoms with E-state index in [-0.39, 0.29) is 9.66 Å². The van der Waals surface area contributed by atoms with Crippen molar-refractivity contribution in [2.45, 2.75) is 34.3 Å². The number of aromatic nitrogens is 2. The second kappa shape index (κ2) is 8.67. The second-order valence-electron chi connectivity index (χ2n) is 8.26. The predicted octanol–water partition coefficient (Wildman–Crippen LogP) is 3.76. The fourth-order valence-electron chi connectivity index (χ4n) is 3.46. The first kappa shape index (κ1) is 22.1. The number of benzene rings is 1. The van der Waals surface area contributed by atoms with E-state index in [1.54, 1.807) is 0 Å². The number of nitrogens with one attached hydrogen (secondary N) is 2. The molecule has 0 spiro atoms. The Morgan fingerprint density at radius 1 is 1.17 bits per heavy atom. The number of rotatable bonds is 5. The summed E-state index contributed by atoms with van der Waals surface area (Å²) in [4.78, 5) is 16.4. The third-order valence-corrected chi connectivity index (χ3v) is 10.1. The number of anilines is 3. The van der Waals surface area contributed by atoms with Gasteiger partial charge in [0.2, 0.25) is 0 Å². The van der Waals surface area contributed by atoms with Crippen LogP contribution < -0.4 is 19.2 Å². The molecule has 1 fully saturated rings. The van der Waals surface area contributed by atoms with Crippen molar-refractivity contribution in [2.75, 3.05) is 36.4 Å². The molecule has 0 atom stereocenters. The van der Waals surface area contributed by atoms with E-state index < -0.39 is 30.1 Å². The van der Waals surface area contributed by atoms with Crippen molar-refractivity contribution in [1.82, 2.24) is 15.3 Å². The summed E-state index contributed by atoms with van der Waals surface area (Å²) in [6.45, 7) is 5.90. The van der Waals surface area contributed by atoms with Crippen LogP contribution in [-0.2, 0) is 12.6 Å². The molecule has 2 aromatic rings. The number of piperazine rings is 1. The van der Waals surface area contributed by atoms with Crippen molar-refractivity contribution in [3.63, 3.8) is 0 Å². The minimum absolute atomic E-state index is 0.194. The second-order valence-corrected chi connectivity index (χ2v) is 22.5. The summed E-state index contributed by atoms with van der Waals surface area (Å²) in [7, 11) is 0. The Morgan fingerprint density at radius 2 is 1.86 bits per heavy atom. The van der Waals surface area contributed by atoms with Crippen LogP contribution in [-0.4, -0.2) is 54.5 Å². The molecule has 0 saturated carbocycles. The number of nitrogens with zero attached hydrogens (tertiary/aromatic N) is 3. The molecule has 2 heterocycles. The van der Waals surface area contributed by atoms with Crippen molar-refractivity contribution in [3.05, 3.63) is 35.5 Å². The fourth-order valence-corrected chi connectivity index (χ4v) is 7.61. The van der Waals surface area contributed by atoms with Gasteiger partial charge in [0.15, 0.2) is 0 Å². The van der Waals surface area contributed by atoms with Gasteiger partial charge in [-0.15, -0.1) is 0 Å². The summed E-state index contributed by atoms with van der Waals surface area (Å²) in [5, 5.41) is 6.50. The van der Waals surface area contributed by atoms with Gasteiger partial charge in [0.25, 0.3) is 0 Å². The summed E-state index contributed by atoms with van der Waals surface area (Å²) < 4.78 is 40.4. The molecule has 158 valence electrons. The first-order valence-corrected chi connectivity index (χ1v) is 19.9. The molecule has 0 aliphatic carbocycles. The van der Waals surface area contributed by atoms with Crippen molar-refractivity contribution in [3.8, 4) is 0 Å². The number of aryl methyl sites for hydroxylation is 1.